The fourth-order valence-corrected chi connectivity index (χ4v) is 2.31. The Morgan fingerprint density at radius 3 is 2.67 bits per heavy atom. The lowest BCUT2D eigenvalue weighted by atomic mass is 10.1. The van der Waals surface area contributed by atoms with E-state index >= 15 is 0 Å². The first kappa shape index (κ1) is 10.4. The van der Waals surface area contributed by atoms with Crippen LogP contribution in [0, 0.1) is 5.92 Å². The van der Waals surface area contributed by atoms with Gasteiger partial charge in [-0.1, -0.05) is 22.9 Å². The van der Waals surface area contributed by atoms with Gasteiger partial charge in [0.1, 0.15) is 0 Å². The number of halogens is 1. The fraction of sp³-hybridized carbons (Fsp3) is 0.714. The summed E-state index contributed by atoms with van der Waals surface area (Å²) in [4.78, 5) is 4.50. The van der Waals surface area contributed by atoms with Crippen molar-refractivity contribution in [1.29, 1.82) is 0 Å². The van der Waals surface area contributed by atoms with Gasteiger partial charge >= 0.3 is 0 Å². The van der Waals surface area contributed by atoms with Crippen molar-refractivity contribution >= 4 is 28.2 Å². The van der Waals surface area contributed by atoms with Crippen LogP contribution < -0.4 is 0 Å². The Kier molecular flexibility index (Phi) is 3.89. The summed E-state index contributed by atoms with van der Waals surface area (Å²) in [5, 5.41) is 0. The van der Waals surface area contributed by atoms with Gasteiger partial charge in [0.15, 0.2) is 12.2 Å². The van der Waals surface area contributed by atoms with Crippen molar-refractivity contribution in [2.24, 2.45) is 5.92 Å². The van der Waals surface area contributed by atoms with Crippen molar-refractivity contribution < 1.29 is 9.22 Å². The van der Waals surface area contributed by atoms with E-state index < -0.39 is 0 Å². The van der Waals surface area contributed by atoms with Crippen LogP contribution in [0.5, 0.6) is 0 Å². The van der Waals surface area contributed by atoms with Crippen LogP contribution in [-0.4, -0.2) is 17.5 Å². The molecule has 0 saturated heterocycles. The molecule has 0 fully saturated rings. The zero-order valence-corrected chi connectivity index (χ0v) is 9.68. The van der Waals surface area contributed by atoms with E-state index in [9.17, 15) is 0 Å². The SMILES string of the molecule is COOSN1C=C(Br)C(C)C1C. The van der Waals surface area contributed by atoms with Crippen LogP contribution in [-0.2, 0) is 9.22 Å². The van der Waals surface area contributed by atoms with Crippen molar-refractivity contribution in [2.75, 3.05) is 7.11 Å². The van der Waals surface area contributed by atoms with Gasteiger partial charge in [-0.25, -0.2) is 4.89 Å². The standard InChI is InChI=1S/C7H12BrNO2S/c1-5-6(2)9(4-7(5)8)12-11-10-3/h4-6H,1-3H3. The van der Waals surface area contributed by atoms with Gasteiger partial charge in [0.2, 0.25) is 0 Å². The molecule has 70 valence electrons. The monoisotopic (exact) mass is 253 g/mol. The lowest BCUT2D eigenvalue weighted by Gasteiger charge is -2.20. The minimum Gasteiger partial charge on any atom is -0.294 e. The third kappa shape index (κ3) is 2.16. The fourth-order valence-electron chi connectivity index (χ4n) is 0.962. The Bertz CT molecular complexity index is 188. The van der Waals surface area contributed by atoms with E-state index in [-0.39, 0.29) is 0 Å². The Morgan fingerprint density at radius 2 is 2.25 bits per heavy atom. The highest BCUT2D eigenvalue weighted by Crippen LogP contribution is 2.35. The molecule has 0 saturated carbocycles. The Morgan fingerprint density at radius 1 is 1.58 bits per heavy atom. The van der Waals surface area contributed by atoms with E-state index in [0.717, 1.165) is 0 Å². The summed E-state index contributed by atoms with van der Waals surface area (Å²) < 4.78 is 7.97. The number of hydrogen-bond acceptors (Lipinski definition) is 4. The summed E-state index contributed by atoms with van der Waals surface area (Å²) in [6.45, 7) is 4.31. The Balaban J connectivity index is 2.46. The molecule has 1 heterocycles. The summed E-state index contributed by atoms with van der Waals surface area (Å²) in [5.74, 6) is 0.512. The molecule has 0 aliphatic carbocycles. The van der Waals surface area contributed by atoms with Crippen molar-refractivity contribution in [3.8, 4) is 0 Å². The predicted octanol–water partition coefficient (Wildman–Crippen LogP) is 2.70. The zero-order valence-electron chi connectivity index (χ0n) is 7.28. The third-order valence-corrected chi connectivity index (χ3v) is 3.73. The lowest BCUT2D eigenvalue weighted by molar-refractivity contribution is -0.163. The van der Waals surface area contributed by atoms with Gasteiger partial charge in [0, 0.05) is 22.6 Å². The highest BCUT2D eigenvalue weighted by Gasteiger charge is 2.28. The van der Waals surface area contributed by atoms with Gasteiger partial charge < -0.3 is 0 Å². The number of rotatable bonds is 3. The van der Waals surface area contributed by atoms with Gasteiger partial charge in [0.05, 0.1) is 7.11 Å². The second kappa shape index (κ2) is 4.50. The van der Waals surface area contributed by atoms with Gasteiger partial charge in [-0.3, -0.25) is 4.31 Å². The van der Waals surface area contributed by atoms with Gasteiger partial charge in [-0.15, -0.1) is 4.33 Å². The number of nitrogens with zero attached hydrogens (tertiary/aromatic N) is 1. The van der Waals surface area contributed by atoms with Crippen LogP contribution in [0.25, 0.3) is 0 Å². The molecule has 3 nitrogen and oxygen atoms in total. The summed E-state index contributed by atoms with van der Waals surface area (Å²) in [6, 6.07) is 0.430. The molecule has 12 heavy (non-hydrogen) atoms. The molecule has 0 spiro atoms. The van der Waals surface area contributed by atoms with Crippen LogP contribution in [0.1, 0.15) is 13.8 Å². The summed E-state index contributed by atoms with van der Waals surface area (Å²) >= 11 is 4.69. The Labute approximate surface area is 85.5 Å². The number of hydrogen-bond donors (Lipinski definition) is 0. The van der Waals surface area contributed by atoms with E-state index in [1.807, 2.05) is 10.5 Å². The first-order chi connectivity index (χ1) is 5.66. The second-order valence-corrected chi connectivity index (χ2v) is 4.33. The molecular weight excluding hydrogens is 242 g/mol. The minimum absolute atomic E-state index is 0.430. The van der Waals surface area contributed by atoms with Gasteiger partial charge in [-0.2, -0.15) is 0 Å². The van der Waals surface area contributed by atoms with Crippen molar-refractivity contribution in [2.45, 2.75) is 19.9 Å². The molecule has 2 atom stereocenters. The summed E-state index contributed by atoms with van der Waals surface area (Å²) in [6.07, 6.45) is 2.01. The highest BCUT2D eigenvalue weighted by atomic mass is 79.9. The topological polar surface area (TPSA) is 21.7 Å². The van der Waals surface area contributed by atoms with Crippen LogP contribution in [0.4, 0.5) is 0 Å². The van der Waals surface area contributed by atoms with E-state index in [4.69, 9.17) is 4.33 Å². The maximum absolute atomic E-state index is 4.76. The largest absolute Gasteiger partial charge is 0.294 e. The molecule has 0 aromatic carbocycles. The van der Waals surface area contributed by atoms with Gasteiger partial charge in [-0.05, 0) is 6.92 Å². The van der Waals surface area contributed by atoms with Crippen LogP contribution in [0.3, 0.4) is 0 Å². The molecule has 0 aromatic heterocycles. The highest BCUT2D eigenvalue weighted by molar-refractivity contribution is 9.11. The molecule has 0 radical (unpaired) electrons. The van der Waals surface area contributed by atoms with Crippen LogP contribution in [0.2, 0.25) is 0 Å². The molecule has 0 N–H and O–H groups in total. The molecule has 5 heteroatoms. The van der Waals surface area contributed by atoms with E-state index in [1.54, 1.807) is 0 Å². The average molecular weight is 254 g/mol. The molecule has 1 aliphatic rings. The van der Waals surface area contributed by atoms with Crippen molar-refractivity contribution in [3.05, 3.63) is 10.7 Å². The Hall–Kier alpha value is 0.290. The zero-order chi connectivity index (χ0) is 9.14. The van der Waals surface area contributed by atoms with Gasteiger partial charge in [0.25, 0.3) is 0 Å². The molecule has 0 bridgehead atoms. The quantitative estimate of drug-likeness (QED) is 0.334. The molecule has 2 unspecified atom stereocenters. The smallest absolute Gasteiger partial charge is 0.151 e. The normalized spacial score (nSPS) is 29.3. The molecule has 0 amide bonds. The maximum atomic E-state index is 4.76. The van der Waals surface area contributed by atoms with E-state index in [2.05, 4.69) is 34.7 Å². The minimum atomic E-state index is 0.430. The van der Waals surface area contributed by atoms with Crippen LogP contribution >= 0.6 is 28.2 Å². The van der Waals surface area contributed by atoms with E-state index in [1.165, 1.54) is 23.8 Å². The van der Waals surface area contributed by atoms with Crippen LogP contribution in [0.15, 0.2) is 10.7 Å². The first-order valence-electron chi connectivity index (χ1n) is 3.69. The maximum Gasteiger partial charge on any atom is 0.151 e. The van der Waals surface area contributed by atoms with Crippen molar-refractivity contribution in [3.63, 3.8) is 0 Å². The average Bonchev–Trinajstić information content (AvgIpc) is 2.30. The summed E-state index contributed by atoms with van der Waals surface area (Å²) in [7, 11) is 1.50. The molecular formula is C7H12BrNO2S. The van der Waals surface area contributed by atoms with Crippen molar-refractivity contribution in [1.82, 2.24) is 4.31 Å². The van der Waals surface area contributed by atoms with E-state index in [0.29, 0.717) is 12.0 Å². The predicted molar refractivity (Wildman–Crippen MR) is 53.2 cm³/mol. The summed E-state index contributed by atoms with van der Waals surface area (Å²) in [5.41, 5.74) is 0. The lowest BCUT2D eigenvalue weighted by Crippen LogP contribution is -2.22. The molecule has 0 aromatic rings. The molecule has 1 aliphatic heterocycles. The molecule has 1 rings (SSSR count). The first-order valence-corrected chi connectivity index (χ1v) is 5.19. The third-order valence-electron chi connectivity index (χ3n) is 2.00. The second-order valence-electron chi connectivity index (χ2n) is 2.71.